The van der Waals surface area contributed by atoms with Gasteiger partial charge in [0.05, 0.1) is 0 Å². The van der Waals surface area contributed by atoms with Gasteiger partial charge in [0.25, 0.3) is 5.91 Å². The highest BCUT2D eigenvalue weighted by Crippen LogP contribution is 2.24. The number of aryl methyl sites for hydroxylation is 2. The zero-order chi connectivity index (χ0) is 18.0. The van der Waals surface area contributed by atoms with Crippen molar-refractivity contribution >= 4 is 23.2 Å². The quantitative estimate of drug-likeness (QED) is 0.783. The number of amides is 1. The number of fused-ring (bicyclic) bond motifs is 1. The predicted molar refractivity (Wildman–Crippen MR) is 98.9 cm³/mol. The molecule has 1 amide bonds. The van der Waals surface area contributed by atoms with Gasteiger partial charge in [-0.15, -0.1) is 11.3 Å². The fourth-order valence-corrected chi connectivity index (χ4v) is 4.18. The maximum absolute atomic E-state index is 12.7. The lowest BCUT2D eigenvalue weighted by molar-refractivity contribution is -0.140. The molecule has 1 aliphatic rings. The van der Waals surface area contributed by atoms with Crippen LogP contribution < -0.4 is 0 Å². The van der Waals surface area contributed by atoms with Gasteiger partial charge in [0, 0.05) is 18.0 Å². The maximum atomic E-state index is 12.7. The number of benzene rings is 1. The summed E-state index contributed by atoms with van der Waals surface area (Å²) >= 11 is 1.43. The number of nitrogens with zero attached hydrogens (tertiary/aromatic N) is 1. The van der Waals surface area contributed by atoms with E-state index in [0.717, 1.165) is 23.3 Å². The molecule has 0 N–H and O–H groups in total. The number of esters is 1. The lowest BCUT2D eigenvalue weighted by Crippen LogP contribution is -2.42. The van der Waals surface area contributed by atoms with Crippen molar-refractivity contribution in [1.82, 2.24) is 4.90 Å². The van der Waals surface area contributed by atoms with Crippen molar-refractivity contribution in [1.29, 1.82) is 0 Å². The highest BCUT2D eigenvalue weighted by molar-refractivity contribution is 7.14. The van der Waals surface area contributed by atoms with Crippen molar-refractivity contribution in [3.05, 3.63) is 56.8 Å². The van der Waals surface area contributed by atoms with E-state index in [4.69, 9.17) is 4.74 Å². The highest BCUT2D eigenvalue weighted by atomic mass is 32.1. The van der Waals surface area contributed by atoms with E-state index in [0.29, 0.717) is 18.0 Å². The molecule has 1 aromatic carbocycles. The van der Waals surface area contributed by atoms with Crippen LogP contribution in [0, 0.1) is 6.92 Å². The molecule has 1 atom stereocenters. The van der Waals surface area contributed by atoms with Crippen molar-refractivity contribution in [3.8, 4) is 0 Å². The monoisotopic (exact) mass is 357 g/mol. The Morgan fingerprint density at radius 2 is 2.00 bits per heavy atom. The Morgan fingerprint density at radius 3 is 2.68 bits per heavy atom. The molecule has 5 heteroatoms. The zero-order valence-electron chi connectivity index (χ0n) is 14.9. The van der Waals surface area contributed by atoms with Crippen LogP contribution in [0.3, 0.4) is 0 Å². The van der Waals surface area contributed by atoms with E-state index in [2.05, 4.69) is 13.0 Å². The molecule has 25 heavy (non-hydrogen) atoms. The predicted octanol–water partition coefficient (Wildman–Crippen LogP) is 3.75. The van der Waals surface area contributed by atoms with E-state index in [1.807, 2.05) is 31.2 Å². The molecule has 3 rings (SSSR count). The molecule has 132 valence electrons. The molecule has 0 saturated carbocycles. The number of rotatable bonds is 4. The van der Waals surface area contributed by atoms with E-state index in [9.17, 15) is 9.59 Å². The largest absolute Gasteiger partial charge is 0.448 e. The van der Waals surface area contributed by atoms with Crippen LogP contribution >= 0.6 is 11.3 Å². The standard InChI is InChI=1S/C20H23NO3S/c1-4-15-11-18(25-14(15)3)20(23)24-13(2)19(22)21-10-9-16-7-5-6-8-17(16)12-21/h5-8,11,13H,4,9-10,12H2,1-3H3/t13-/m1/s1. The number of thiophene rings is 1. The molecular formula is C20H23NO3S. The Hall–Kier alpha value is -2.14. The summed E-state index contributed by atoms with van der Waals surface area (Å²) in [6, 6.07) is 10.0. The molecule has 0 unspecified atom stereocenters. The first-order chi connectivity index (χ1) is 12.0. The number of hydrogen-bond donors (Lipinski definition) is 0. The summed E-state index contributed by atoms with van der Waals surface area (Å²) in [4.78, 5) is 28.5. The van der Waals surface area contributed by atoms with Crippen LogP contribution in [0.1, 0.15) is 45.1 Å². The molecule has 2 heterocycles. The van der Waals surface area contributed by atoms with Gasteiger partial charge in [0.1, 0.15) is 4.88 Å². The molecule has 1 aromatic heterocycles. The third kappa shape index (κ3) is 3.76. The second-order valence-corrected chi connectivity index (χ2v) is 7.63. The van der Waals surface area contributed by atoms with Gasteiger partial charge < -0.3 is 9.64 Å². The smallest absolute Gasteiger partial charge is 0.349 e. The summed E-state index contributed by atoms with van der Waals surface area (Å²) in [5, 5.41) is 0. The van der Waals surface area contributed by atoms with Crippen molar-refractivity contribution in [2.75, 3.05) is 6.54 Å². The van der Waals surface area contributed by atoms with Gasteiger partial charge in [-0.25, -0.2) is 4.79 Å². The van der Waals surface area contributed by atoms with Crippen LogP contribution in [0.4, 0.5) is 0 Å². The van der Waals surface area contributed by atoms with E-state index >= 15 is 0 Å². The van der Waals surface area contributed by atoms with E-state index < -0.39 is 12.1 Å². The first kappa shape index (κ1) is 17.7. The van der Waals surface area contributed by atoms with Crippen LogP contribution in [-0.2, 0) is 28.9 Å². The third-order valence-electron chi connectivity index (χ3n) is 4.68. The molecule has 4 nitrogen and oxygen atoms in total. The fourth-order valence-electron chi connectivity index (χ4n) is 3.18. The van der Waals surface area contributed by atoms with Gasteiger partial charge in [0.2, 0.25) is 0 Å². The molecule has 0 bridgehead atoms. The van der Waals surface area contributed by atoms with Gasteiger partial charge in [-0.2, -0.15) is 0 Å². The summed E-state index contributed by atoms with van der Waals surface area (Å²) in [6.45, 7) is 6.96. The number of carbonyl (C=O) groups is 2. The van der Waals surface area contributed by atoms with E-state index in [1.54, 1.807) is 11.8 Å². The van der Waals surface area contributed by atoms with Crippen LogP contribution in [0.15, 0.2) is 30.3 Å². The van der Waals surface area contributed by atoms with Gasteiger partial charge in [-0.05, 0) is 49.4 Å². The summed E-state index contributed by atoms with van der Waals surface area (Å²) in [5.41, 5.74) is 3.61. The second kappa shape index (κ2) is 7.40. The summed E-state index contributed by atoms with van der Waals surface area (Å²) < 4.78 is 5.43. The SMILES string of the molecule is CCc1cc(C(=O)O[C@H](C)C(=O)N2CCc3ccccc3C2)sc1C. The lowest BCUT2D eigenvalue weighted by atomic mass is 9.99. The van der Waals surface area contributed by atoms with Gasteiger partial charge in [0.15, 0.2) is 6.10 Å². The minimum Gasteiger partial charge on any atom is -0.448 e. The van der Waals surface area contributed by atoms with Crippen molar-refractivity contribution in [3.63, 3.8) is 0 Å². The minimum absolute atomic E-state index is 0.133. The summed E-state index contributed by atoms with van der Waals surface area (Å²) in [7, 11) is 0. The van der Waals surface area contributed by atoms with Crippen LogP contribution in [0.5, 0.6) is 0 Å². The van der Waals surface area contributed by atoms with Gasteiger partial charge in [-0.1, -0.05) is 31.2 Å². The Kier molecular flexibility index (Phi) is 5.23. The Balaban J connectivity index is 1.64. The highest BCUT2D eigenvalue weighted by Gasteiger charge is 2.27. The average Bonchev–Trinajstić information content (AvgIpc) is 3.01. The Morgan fingerprint density at radius 1 is 1.28 bits per heavy atom. The first-order valence-corrected chi connectivity index (χ1v) is 9.47. The molecule has 2 aromatic rings. The van der Waals surface area contributed by atoms with Crippen LogP contribution in [0.25, 0.3) is 0 Å². The lowest BCUT2D eigenvalue weighted by Gasteiger charge is -2.30. The van der Waals surface area contributed by atoms with Gasteiger partial charge >= 0.3 is 5.97 Å². The number of ether oxygens (including phenoxy) is 1. The van der Waals surface area contributed by atoms with Gasteiger partial charge in [-0.3, -0.25) is 4.79 Å². The maximum Gasteiger partial charge on any atom is 0.349 e. The van der Waals surface area contributed by atoms with Crippen molar-refractivity contribution in [2.45, 2.75) is 46.3 Å². The van der Waals surface area contributed by atoms with Crippen molar-refractivity contribution in [2.24, 2.45) is 0 Å². The average molecular weight is 357 g/mol. The third-order valence-corrected chi connectivity index (χ3v) is 5.75. The Labute approximate surface area is 152 Å². The van der Waals surface area contributed by atoms with Crippen LogP contribution in [-0.4, -0.2) is 29.4 Å². The topological polar surface area (TPSA) is 46.6 Å². The first-order valence-electron chi connectivity index (χ1n) is 8.65. The number of hydrogen-bond acceptors (Lipinski definition) is 4. The molecule has 1 aliphatic heterocycles. The van der Waals surface area contributed by atoms with E-state index in [1.165, 1.54) is 22.5 Å². The fraction of sp³-hybridized carbons (Fsp3) is 0.400. The molecule has 0 aliphatic carbocycles. The normalized spacial score (nSPS) is 14.8. The summed E-state index contributed by atoms with van der Waals surface area (Å²) in [5.74, 6) is -0.544. The second-order valence-electron chi connectivity index (χ2n) is 6.37. The molecule has 0 fully saturated rings. The molecule has 0 saturated heterocycles. The molecule has 0 radical (unpaired) electrons. The summed E-state index contributed by atoms with van der Waals surface area (Å²) in [6.07, 6.45) is 0.953. The number of carbonyl (C=O) groups excluding carboxylic acids is 2. The molecule has 0 spiro atoms. The van der Waals surface area contributed by atoms with Crippen LogP contribution in [0.2, 0.25) is 0 Å². The Bertz CT molecular complexity index is 796. The zero-order valence-corrected chi connectivity index (χ0v) is 15.7. The van der Waals surface area contributed by atoms with Crippen molar-refractivity contribution < 1.29 is 14.3 Å². The van der Waals surface area contributed by atoms with E-state index in [-0.39, 0.29) is 5.91 Å². The molecular weight excluding hydrogens is 334 g/mol. The minimum atomic E-state index is -0.773.